The van der Waals surface area contributed by atoms with E-state index in [-0.39, 0.29) is 18.2 Å². The lowest BCUT2D eigenvalue weighted by Gasteiger charge is -2.09. The van der Waals surface area contributed by atoms with E-state index in [4.69, 9.17) is 0 Å². The second-order valence-electron chi connectivity index (χ2n) is 5.16. The minimum atomic E-state index is -0.210. The maximum Gasteiger partial charge on any atom is 0.259 e. The Bertz CT molecular complexity index is 694. The summed E-state index contributed by atoms with van der Waals surface area (Å²) in [5.74, 6) is -0.00588. The maximum absolute atomic E-state index is 11.9. The zero-order valence-corrected chi connectivity index (χ0v) is 13.3. The fraction of sp³-hybridized carbons (Fsp3) is 0.222. The van der Waals surface area contributed by atoms with Gasteiger partial charge in [-0.3, -0.25) is 4.79 Å². The number of para-hydroxylation sites is 1. The first-order valence-corrected chi connectivity index (χ1v) is 7.54. The largest absolute Gasteiger partial charge is 0.508 e. The molecule has 0 unspecified atom stereocenters. The van der Waals surface area contributed by atoms with Crippen molar-refractivity contribution in [1.29, 1.82) is 0 Å². The van der Waals surface area contributed by atoms with E-state index in [1.165, 1.54) is 0 Å². The summed E-state index contributed by atoms with van der Waals surface area (Å²) in [6.07, 6.45) is 0.677. The number of hydrogen-bond acceptors (Lipinski definition) is 4. The van der Waals surface area contributed by atoms with Crippen molar-refractivity contribution in [1.82, 2.24) is 5.43 Å². The third kappa shape index (κ3) is 4.85. The van der Waals surface area contributed by atoms with Crippen LogP contribution in [0.1, 0.15) is 24.5 Å². The molecule has 0 atom stereocenters. The van der Waals surface area contributed by atoms with Gasteiger partial charge in [-0.25, -0.2) is 5.43 Å². The summed E-state index contributed by atoms with van der Waals surface area (Å²) in [5.41, 5.74) is 6.21. The monoisotopic (exact) mass is 311 g/mol. The zero-order valence-electron chi connectivity index (χ0n) is 13.3. The predicted molar refractivity (Wildman–Crippen MR) is 92.7 cm³/mol. The Hall–Kier alpha value is -2.82. The third-order valence-electron chi connectivity index (χ3n) is 3.44. The van der Waals surface area contributed by atoms with Gasteiger partial charge in [-0.1, -0.05) is 25.1 Å². The Balaban J connectivity index is 1.93. The van der Waals surface area contributed by atoms with E-state index in [2.05, 4.69) is 15.8 Å². The van der Waals surface area contributed by atoms with Crippen molar-refractivity contribution in [3.05, 3.63) is 59.7 Å². The summed E-state index contributed by atoms with van der Waals surface area (Å²) in [4.78, 5) is 11.9. The third-order valence-corrected chi connectivity index (χ3v) is 3.44. The SMILES string of the molecule is CCC(=NNC(=O)CNc1ccccc1C)c1ccc(O)cc1. The molecule has 3 N–H and O–H groups in total. The lowest BCUT2D eigenvalue weighted by Crippen LogP contribution is -2.27. The predicted octanol–water partition coefficient (Wildman–Crippen LogP) is 3.04. The molecule has 120 valence electrons. The first kappa shape index (κ1) is 16.5. The van der Waals surface area contributed by atoms with Crippen molar-refractivity contribution < 1.29 is 9.90 Å². The average molecular weight is 311 g/mol. The molecule has 5 heteroatoms. The number of nitrogens with zero attached hydrogens (tertiary/aromatic N) is 1. The Morgan fingerprint density at radius 1 is 1.13 bits per heavy atom. The van der Waals surface area contributed by atoms with Gasteiger partial charge in [0.05, 0.1) is 12.3 Å². The molecule has 2 aromatic carbocycles. The quantitative estimate of drug-likeness (QED) is 0.567. The van der Waals surface area contributed by atoms with E-state index in [1.54, 1.807) is 24.3 Å². The highest BCUT2D eigenvalue weighted by molar-refractivity contribution is 6.01. The molecule has 0 saturated heterocycles. The van der Waals surface area contributed by atoms with Crippen LogP contribution in [0.2, 0.25) is 0 Å². The van der Waals surface area contributed by atoms with E-state index in [0.717, 1.165) is 22.5 Å². The van der Waals surface area contributed by atoms with E-state index in [9.17, 15) is 9.90 Å². The van der Waals surface area contributed by atoms with Crippen LogP contribution >= 0.6 is 0 Å². The summed E-state index contributed by atoms with van der Waals surface area (Å²) in [6.45, 7) is 4.10. The fourth-order valence-corrected chi connectivity index (χ4v) is 2.12. The Kier molecular flexibility index (Phi) is 5.74. The van der Waals surface area contributed by atoms with Crippen molar-refractivity contribution >= 4 is 17.3 Å². The molecule has 0 aliphatic carbocycles. The van der Waals surface area contributed by atoms with Gasteiger partial charge in [-0.15, -0.1) is 0 Å². The minimum absolute atomic E-state index is 0.154. The van der Waals surface area contributed by atoms with Crippen LogP contribution in [-0.4, -0.2) is 23.3 Å². The number of nitrogens with one attached hydrogen (secondary N) is 2. The number of hydrazone groups is 1. The molecule has 0 aromatic heterocycles. The maximum atomic E-state index is 11.9. The highest BCUT2D eigenvalue weighted by Gasteiger charge is 2.04. The van der Waals surface area contributed by atoms with Crippen molar-refractivity contribution in [3.63, 3.8) is 0 Å². The van der Waals surface area contributed by atoms with Crippen molar-refractivity contribution in [2.24, 2.45) is 5.10 Å². The molecule has 0 heterocycles. The van der Waals surface area contributed by atoms with Crippen molar-refractivity contribution in [2.45, 2.75) is 20.3 Å². The minimum Gasteiger partial charge on any atom is -0.508 e. The summed E-state index contributed by atoms with van der Waals surface area (Å²) in [7, 11) is 0. The van der Waals surface area contributed by atoms with Gasteiger partial charge in [0.2, 0.25) is 0 Å². The van der Waals surface area contributed by atoms with Crippen LogP contribution in [0.15, 0.2) is 53.6 Å². The number of aryl methyl sites for hydroxylation is 1. The standard InChI is InChI=1S/C18H21N3O2/c1-3-16(14-8-10-15(22)11-9-14)20-21-18(23)12-19-17-7-5-4-6-13(17)2/h4-11,19,22H,3,12H2,1-2H3,(H,21,23). The summed E-state index contributed by atoms with van der Waals surface area (Å²) in [5, 5.41) is 16.6. The average Bonchev–Trinajstić information content (AvgIpc) is 2.56. The number of benzene rings is 2. The number of phenolic OH excluding ortho intramolecular Hbond substituents is 1. The van der Waals surface area contributed by atoms with Gasteiger partial charge in [0.1, 0.15) is 5.75 Å². The molecule has 23 heavy (non-hydrogen) atoms. The lowest BCUT2D eigenvalue weighted by molar-refractivity contribution is -0.119. The molecule has 0 aliphatic rings. The van der Waals surface area contributed by atoms with E-state index >= 15 is 0 Å². The Morgan fingerprint density at radius 2 is 1.83 bits per heavy atom. The second kappa shape index (κ2) is 7.98. The van der Waals surface area contributed by atoms with Crippen molar-refractivity contribution in [2.75, 3.05) is 11.9 Å². The summed E-state index contributed by atoms with van der Waals surface area (Å²) in [6, 6.07) is 14.5. The number of amides is 1. The molecule has 2 rings (SSSR count). The molecular weight excluding hydrogens is 290 g/mol. The van der Waals surface area contributed by atoms with Crippen molar-refractivity contribution in [3.8, 4) is 5.75 Å². The van der Waals surface area contributed by atoms with Crippen LogP contribution in [-0.2, 0) is 4.79 Å². The molecule has 2 aromatic rings. The molecule has 1 amide bonds. The molecular formula is C18H21N3O2. The Labute approximate surface area is 136 Å². The number of rotatable bonds is 6. The van der Waals surface area contributed by atoms with Crippen LogP contribution in [0.4, 0.5) is 5.69 Å². The van der Waals surface area contributed by atoms with Crippen LogP contribution in [0.3, 0.4) is 0 Å². The number of anilines is 1. The topological polar surface area (TPSA) is 73.7 Å². The molecule has 0 radical (unpaired) electrons. The van der Waals surface area contributed by atoms with E-state index < -0.39 is 0 Å². The van der Waals surface area contributed by atoms with E-state index in [1.807, 2.05) is 38.1 Å². The number of hydrogen-bond donors (Lipinski definition) is 3. The number of carbonyl (C=O) groups excluding carboxylic acids is 1. The van der Waals surface area contributed by atoms with Crippen LogP contribution in [0.25, 0.3) is 0 Å². The number of phenols is 1. The normalized spacial score (nSPS) is 11.1. The molecule has 0 fully saturated rings. The molecule has 0 saturated carbocycles. The van der Waals surface area contributed by atoms with E-state index in [0.29, 0.717) is 6.42 Å². The molecule has 0 aliphatic heterocycles. The lowest BCUT2D eigenvalue weighted by atomic mass is 10.1. The summed E-state index contributed by atoms with van der Waals surface area (Å²) >= 11 is 0. The Morgan fingerprint density at radius 3 is 2.48 bits per heavy atom. The van der Waals surface area contributed by atoms with Crippen LogP contribution in [0, 0.1) is 6.92 Å². The van der Waals surface area contributed by atoms with Gasteiger partial charge in [0, 0.05) is 5.69 Å². The first-order chi connectivity index (χ1) is 11.1. The first-order valence-electron chi connectivity index (χ1n) is 7.54. The van der Waals surface area contributed by atoms with Gasteiger partial charge < -0.3 is 10.4 Å². The number of carbonyl (C=O) groups is 1. The highest BCUT2D eigenvalue weighted by Crippen LogP contribution is 2.13. The van der Waals surface area contributed by atoms with Gasteiger partial charge in [0.25, 0.3) is 5.91 Å². The zero-order chi connectivity index (χ0) is 16.7. The van der Waals surface area contributed by atoms with Gasteiger partial charge in [0.15, 0.2) is 0 Å². The molecule has 5 nitrogen and oxygen atoms in total. The summed E-state index contributed by atoms with van der Waals surface area (Å²) < 4.78 is 0. The van der Waals surface area contributed by atoms with Gasteiger partial charge >= 0.3 is 0 Å². The van der Waals surface area contributed by atoms with Gasteiger partial charge in [-0.05, 0) is 54.8 Å². The van der Waals surface area contributed by atoms with Gasteiger partial charge in [-0.2, -0.15) is 5.10 Å². The fourth-order valence-electron chi connectivity index (χ4n) is 2.12. The second-order valence-corrected chi connectivity index (χ2v) is 5.16. The smallest absolute Gasteiger partial charge is 0.259 e. The van der Waals surface area contributed by atoms with Crippen LogP contribution in [0.5, 0.6) is 5.75 Å². The number of aromatic hydroxyl groups is 1. The van der Waals surface area contributed by atoms with Crippen LogP contribution < -0.4 is 10.7 Å². The molecule has 0 spiro atoms. The highest BCUT2D eigenvalue weighted by atomic mass is 16.3. The molecule has 0 bridgehead atoms.